The average Bonchev–Trinajstić information content (AvgIpc) is 1.64. The lowest BCUT2D eigenvalue weighted by Gasteiger charge is -2.03. The van der Waals surface area contributed by atoms with Crippen LogP contribution in [0.2, 0.25) is 0 Å². The molecule has 1 N–H and O–H groups in total. The fraction of sp³-hybridized carbons (Fsp3) is 0.800. The normalized spacial score (nSPS) is 16.8. The molecule has 2 unspecified atom stereocenters. The monoisotopic (exact) mass is 150 g/mol. The molecule has 4 heteroatoms. The summed E-state index contributed by atoms with van der Waals surface area (Å²) in [6.45, 7) is 3.03. The number of hydrogen-bond acceptors (Lipinski definition) is 2. The minimum atomic E-state index is -1.98. The zero-order chi connectivity index (χ0) is 7.44. The molecule has 0 saturated carbocycles. The Morgan fingerprint density at radius 2 is 2.22 bits per heavy atom. The summed E-state index contributed by atoms with van der Waals surface area (Å²) in [7, 11) is 0. The molecule has 0 bridgehead atoms. The Labute approximate surface area is 56.7 Å². The van der Waals surface area contributed by atoms with Gasteiger partial charge >= 0.3 is 0 Å². The zero-order valence-corrected chi connectivity index (χ0v) is 6.27. The third-order valence-corrected chi connectivity index (χ3v) is 2.22. The first-order chi connectivity index (χ1) is 4.09. The summed E-state index contributed by atoms with van der Waals surface area (Å²) in [6, 6.07) is 0. The lowest BCUT2D eigenvalue weighted by atomic mass is 10.2. The molecule has 0 amide bonds. The van der Waals surface area contributed by atoms with Gasteiger partial charge in [0.05, 0.1) is 0 Å². The summed E-state index contributed by atoms with van der Waals surface area (Å²) >= 11 is -1.98. The van der Waals surface area contributed by atoms with E-state index in [1.807, 2.05) is 0 Å². The Morgan fingerprint density at radius 1 is 1.78 bits per heavy atom. The molecule has 0 aliphatic heterocycles. The maximum atomic E-state index is 10.5. The van der Waals surface area contributed by atoms with Gasteiger partial charge in [-0.15, -0.1) is 0 Å². The second-order valence-electron chi connectivity index (χ2n) is 1.78. The molecule has 0 aliphatic carbocycles. The summed E-state index contributed by atoms with van der Waals surface area (Å²) in [4.78, 5) is 10.5. The van der Waals surface area contributed by atoms with Crippen LogP contribution >= 0.6 is 0 Å². The molecule has 0 rings (SSSR count). The number of hydrogen-bond donors (Lipinski definition) is 1. The summed E-state index contributed by atoms with van der Waals surface area (Å²) < 4.78 is 18.7. The molecular formula is C5H10O3S. The predicted molar refractivity (Wildman–Crippen MR) is 35.5 cm³/mol. The zero-order valence-electron chi connectivity index (χ0n) is 5.46. The molecule has 0 radical (unpaired) electrons. The summed E-state index contributed by atoms with van der Waals surface area (Å²) in [5.41, 5.74) is 0. The highest BCUT2D eigenvalue weighted by Gasteiger charge is 2.16. The van der Waals surface area contributed by atoms with Crippen molar-refractivity contribution in [1.82, 2.24) is 0 Å². The van der Waals surface area contributed by atoms with E-state index < -0.39 is 16.3 Å². The van der Waals surface area contributed by atoms with Crippen molar-refractivity contribution in [3.05, 3.63) is 0 Å². The molecule has 54 valence electrons. The third-order valence-electron chi connectivity index (χ3n) is 1.07. The SMILES string of the molecule is CCC(C(C)=O)S(=O)O. The minimum absolute atomic E-state index is 0.224. The van der Waals surface area contributed by atoms with Crippen LogP contribution in [0.4, 0.5) is 0 Å². The Hall–Kier alpha value is -0.220. The lowest BCUT2D eigenvalue weighted by Crippen LogP contribution is -2.21. The summed E-state index contributed by atoms with van der Waals surface area (Å²) in [6.07, 6.45) is 0.429. The number of rotatable bonds is 3. The van der Waals surface area contributed by atoms with Crippen molar-refractivity contribution in [3.63, 3.8) is 0 Å². The van der Waals surface area contributed by atoms with Gasteiger partial charge in [-0.3, -0.25) is 4.79 Å². The van der Waals surface area contributed by atoms with Gasteiger partial charge in [0, 0.05) is 0 Å². The standard InChI is InChI=1S/C5H10O3S/c1-3-5(4(2)6)9(7)8/h5H,3H2,1-2H3,(H,7,8). The van der Waals surface area contributed by atoms with E-state index >= 15 is 0 Å². The van der Waals surface area contributed by atoms with Gasteiger partial charge in [0.2, 0.25) is 0 Å². The van der Waals surface area contributed by atoms with Gasteiger partial charge in [-0.1, -0.05) is 6.92 Å². The first kappa shape index (κ1) is 8.78. The molecule has 0 spiro atoms. The van der Waals surface area contributed by atoms with Crippen LogP contribution in [-0.4, -0.2) is 19.8 Å². The van der Waals surface area contributed by atoms with Crippen LogP contribution in [0, 0.1) is 0 Å². The molecular weight excluding hydrogens is 140 g/mol. The smallest absolute Gasteiger partial charge is 0.163 e. The topological polar surface area (TPSA) is 54.4 Å². The van der Waals surface area contributed by atoms with Crippen molar-refractivity contribution in [2.45, 2.75) is 25.5 Å². The van der Waals surface area contributed by atoms with Crippen molar-refractivity contribution in [2.75, 3.05) is 0 Å². The van der Waals surface area contributed by atoms with Crippen LogP contribution in [0.3, 0.4) is 0 Å². The molecule has 2 atom stereocenters. The van der Waals surface area contributed by atoms with Gasteiger partial charge in [-0.2, -0.15) is 0 Å². The fourth-order valence-electron chi connectivity index (χ4n) is 0.572. The molecule has 3 nitrogen and oxygen atoms in total. The van der Waals surface area contributed by atoms with Gasteiger partial charge < -0.3 is 4.55 Å². The maximum absolute atomic E-state index is 10.5. The van der Waals surface area contributed by atoms with Crippen molar-refractivity contribution in [1.29, 1.82) is 0 Å². The Morgan fingerprint density at radius 3 is 2.22 bits per heavy atom. The summed E-state index contributed by atoms with van der Waals surface area (Å²) in [5.74, 6) is -0.224. The number of ketones is 1. The molecule has 0 aromatic rings. The Bertz CT molecular complexity index is 118. The number of carbonyl (C=O) groups is 1. The first-order valence-electron chi connectivity index (χ1n) is 2.69. The Balaban J connectivity index is 3.99. The van der Waals surface area contributed by atoms with Gasteiger partial charge in [-0.25, -0.2) is 4.21 Å². The van der Waals surface area contributed by atoms with Crippen LogP contribution < -0.4 is 0 Å². The molecule has 9 heavy (non-hydrogen) atoms. The molecule has 0 aromatic carbocycles. The van der Waals surface area contributed by atoms with E-state index in [0.29, 0.717) is 6.42 Å². The van der Waals surface area contributed by atoms with E-state index in [1.54, 1.807) is 6.92 Å². The molecule has 0 aromatic heterocycles. The largest absolute Gasteiger partial charge is 0.306 e. The molecule has 0 heterocycles. The number of carbonyl (C=O) groups excluding carboxylic acids is 1. The van der Waals surface area contributed by atoms with E-state index in [1.165, 1.54) is 6.92 Å². The fourth-order valence-corrected chi connectivity index (χ4v) is 1.14. The predicted octanol–water partition coefficient (Wildman–Crippen LogP) is 0.576. The molecule has 0 saturated heterocycles. The lowest BCUT2D eigenvalue weighted by molar-refractivity contribution is -0.116. The third kappa shape index (κ3) is 2.72. The van der Waals surface area contributed by atoms with Crippen molar-refractivity contribution < 1.29 is 13.6 Å². The van der Waals surface area contributed by atoms with Crippen LogP contribution in [0.15, 0.2) is 0 Å². The van der Waals surface area contributed by atoms with Gasteiger partial charge in [-0.05, 0) is 13.3 Å². The van der Waals surface area contributed by atoms with Crippen LogP contribution in [0.5, 0.6) is 0 Å². The number of Topliss-reactive ketones (excluding diaryl/α,β-unsaturated/α-hetero) is 1. The van der Waals surface area contributed by atoms with Gasteiger partial charge in [0.25, 0.3) is 0 Å². The molecule has 0 fully saturated rings. The highest BCUT2D eigenvalue weighted by Crippen LogP contribution is 1.99. The highest BCUT2D eigenvalue weighted by molar-refractivity contribution is 7.80. The second-order valence-corrected chi connectivity index (χ2v) is 2.91. The molecule has 0 aliphatic rings. The minimum Gasteiger partial charge on any atom is -0.306 e. The first-order valence-corrected chi connectivity index (χ1v) is 3.86. The average molecular weight is 150 g/mol. The quantitative estimate of drug-likeness (QED) is 0.598. The van der Waals surface area contributed by atoms with E-state index in [2.05, 4.69) is 0 Å². The van der Waals surface area contributed by atoms with Crippen molar-refractivity contribution >= 4 is 16.9 Å². The Kier molecular flexibility index (Phi) is 3.65. The van der Waals surface area contributed by atoms with E-state index in [0.717, 1.165) is 0 Å². The van der Waals surface area contributed by atoms with Crippen LogP contribution in [0.25, 0.3) is 0 Å². The highest BCUT2D eigenvalue weighted by atomic mass is 32.2. The van der Waals surface area contributed by atoms with Crippen LogP contribution in [0.1, 0.15) is 20.3 Å². The maximum Gasteiger partial charge on any atom is 0.163 e. The summed E-state index contributed by atoms with van der Waals surface area (Å²) in [5, 5.41) is -0.690. The van der Waals surface area contributed by atoms with E-state index in [9.17, 15) is 9.00 Å². The second kappa shape index (κ2) is 3.74. The van der Waals surface area contributed by atoms with E-state index in [-0.39, 0.29) is 5.78 Å². The van der Waals surface area contributed by atoms with Crippen LogP contribution in [-0.2, 0) is 15.9 Å². The van der Waals surface area contributed by atoms with Gasteiger partial charge in [0.1, 0.15) is 11.0 Å². The van der Waals surface area contributed by atoms with Crippen molar-refractivity contribution in [3.8, 4) is 0 Å². The van der Waals surface area contributed by atoms with Gasteiger partial charge in [0.15, 0.2) is 11.1 Å². The van der Waals surface area contributed by atoms with E-state index in [4.69, 9.17) is 4.55 Å². The van der Waals surface area contributed by atoms with Crippen molar-refractivity contribution in [2.24, 2.45) is 0 Å².